The molecule has 98 valence electrons. The van der Waals surface area contributed by atoms with Crippen molar-refractivity contribution in [1.82, 2.24) is 10.2 Å². The molecule has 2 rings (SSSR count). The molecular formula is C12H21BrN2OS. The van der Waals surface area contributed by atoms with Crippen LogP contribution in [0.2, 0.25) is 0 Å². The maximum atomic E-state index is 5.97. The van der Waals surface area contributed by atoms with Crippen LogP contribution in [0, 0.1) is 0 Å². The molecule has 5 heteroatoms. The van der Waals surface area contributed by atoms with Crippen LogP contribution in [0.4, 0.5) is 0 Å². The van der Waals surface area contributed by atoms with Crippen LogP contribution in [0.1, 0.15) is 27.2 Å². The first kappa shape index (κ1) is 13.9. The average molecular weight is 321 g/mol. The minimum Gasteiger partial charge on any atom is -0.359 e. The molecule has 2 fully saturated rings. The second kappa shape index (κ2) is 4.53. The Balaban J connectivity index is 2.26. The Morgan fingerprint density at radius 1 is 1.53 bits per heavy atom. The summed E-state index contributed by atoms with van der Waals surface area (Å²) in [5.74, 6) is 0.904. The number of rotatable bonds is 3. The molecule has 2 saturated heterocycles. The molecule has 0 aromatic heterocycles. The second-order valence-electron chi connectivity index (χ2n) is 5.52. The zero-order valence-corrected chi connectivity index (χ0v) is 13.2. The van der Waals surface area contributed by atoms with E-state index in [9.17, 15) is 0 Å². The van der Waals surface area contributed by atoms with Gasteiger partial charge in [-0.2, -0.15) is 0 Å². The summed E-state index contributed by atoms with van der Waals surface area (Å²) in [6, 6.07) is 0. The lowest BCUT2D eigenvalue weighted by molar-refractivity contribution is -0.127. The van der Waals surface area contributed by atoms with Gasteiger partial charge in [0.15, 0.2) is 3.90 Å². The summed E-state index contributed by atoms with van der Waals surface area (Å²) in [5, 5.41) is 3.68. The standard InChI is InChI=1S/C12H21BrN2OS/c1-5-8-17-12(13)14-10(2,3)9-11(4)15(12)6-7-16-11/h5,14H,1,6-9H2,2-4H3/t11-,12+/m1/s1. The highest BCUT2D eigenvalue weighted by molar-refractivity contribution is 9.11. The zero-order valence-electron chi connectivity index (χ0n) is 10.8. The third-order valence-electron chi connectivity index (χ3n) is 3.30. The topological polar surface area (TPSA) is 24.5 Å². The van der Waals surface area contributed by atoms with Crippen LogP contribution in [0.25, 0.3) is 0 Å². The van der Waals surface area contributed by atoms with Crippen LogP contribution in [-0.4, -0.2) is 39.0 Å². The highest BCUT2D eigenvalue weighted by Crippen LogP contribution is 2.48. The first-order valence-electron chi connectivity index (χ1n) is 5.96. The molecule has 0 unspecified atom stereocenters. The number of thioether (sulfide) groups is 1. The Hall–Kier alpha value is 0.450. The Labute approximate surface area is 116 Å². The number of alkyl halides is 1. The number of nitrogens with one attached hydrogen (secondary N) is 1. The molecule has 0 saturated carbocycles. The molecular weight excluding hydrogens is 300 g/mol. The molecule has 2 aliphatic rings. The second-order valence-corrected chi connectivity index (χ2v) is 8.41. The van der Waals surface area contributed by atoms with Crippen LogP contribution < -0.4 is 5.32 Å². The van der Waals surface area contributed by atoms with Crippen molar-refractivity contribution < 1.29 is 4.74 Å². The fourth-order valence-electron chi connectivity index (χ4n) is 2.90. The van der Waals surface area contributed by atoms with Gasteiger partial charge in [0, 0.05) is 24.3 Å². The predicted octanol–water partition coefficient (Wildman–Crippen LogP) is 2.73. The van der Waals surface area contributed by atoms with Crippen molar-refractivity contribution in [2.24, 2.45) is 0 Å². The third-order valence-corrected chi connectivity index (χ3v) is 5.72. The van der Waals surface area contributed by atoms with Gasteiger partial charge in [-0.3, -0.25) is 5.32 Å². The van der Waals surface area contributed by atoms with Crippen molar-refractivity contribution in [3.05, 3.63) is 12.7 Å². The van der Waals surface area contributed by atoms with Gasteiger partial charge in [0.25, 0.3) is 0 Å². The van der Waals surface area contributed by atoms with E-state index in [1.807, 2.05) is 17.8 Å². The first-order chi connectivity index (χ1) is 7.81. The quantitative estimate of drug-likeness (QED) is 0.491. The summed E-state index contributed by atoms with van der Waals surface area (Å²) in [6.07, 6.45) is 2.92. The number of fused-ring (bicyclic) bond motifs is 1. The lowest BCUT2D eigenvalue weighted by atomic mass is 9.90. The van der Waals surface area contributed by atoms with Crippen LogP contribution in [0.5, 0.6) is 0 Å². The van der Waals surface area contributed by atoms with E-state index in [4.69, 9.17) is 4.74 Å². The molecule has 0 radical (unpaired) electrons. The van der Waals surface area contributed by atoms with Crippen LogP contribution >= 0.6 is 27.7 Å². The Bertz CT molecular complexity index is 326. The van der Waals surface area contributed by atoms with Gasteiger partial charge in [-0.15, -0.1) is 18.3 Å². The lowest BCUT2D eigenvalue weighted by Gasteiger charge is -2.55. The van der Waals surface area contributed by atoms with Crippen molar-refractivity contribution >= 4 is 27.7 Å². The fourth-order valence-corrected chi connectivity index (χ4v) is 5.51. The molecule has 0 amide bonds. The Morgan fingerprint density at radius 2 is 2.24 bits per heavy atom. The molecule has 0 aliphatic carbocycles. The van der Waals surface area contributed by atoms with E-state index in [0.717, 1.165) is 25.3 Å². The van der Waals surface area contributed by atoms with E-state index in [1.54, 1.807) is 0 Å². The fraction of sp³-hybridized carbons (Fsp3) is 0.833. The zero-order chi connectivity index (χ0) is 12.7. The highest BCUT2D eigenvalue weighted by Gasteiger charge is 2.56. The smallest absolute Gasteiger partial charge is 0.180 e. The summed E-state index contributed by atoms with van der Waals surface area (Å²) in [5.41, 5.74) is -0.125. The molecule has 0 spiro atoms. The molecule has 1 N–H and O–H groups in total. The van der Waals surface area contributed by atoms with E-state index < -0.39 is 0 Å². The molecule has 2 heterocycles. The average Bonchev–Trinajstić information content (AvgIpc) is 2.55. The van der Waals surface area contributed by atoms with Crippen molar-refractivity contribution in [3.8, 4) is 0 Å². The monoisotopic (exact) mass is 320 g/mol. The minimum atomic E-state index is -0.256. The molecule has 0 aromatic carbocycles. The molecule has 0 aromatic rings. The van der Waals surface area contributed by atoms with Crippen LogP contribution in [-0.2, 0) is 4.74 Å². The van der Waals surface area contributed by atoms with Gasteiger partial charge in [-0.25, -0.2) is 4.90 Å². The van der Waals surface area contributed by atoms with Gasteiger partial charge >= 0.3 is 0 Å². The molecule has 0 bridgehead atoms. The van der Waals surface area contributed by atoms with Crippen molar-refractivity contribution in [2.75, 3.05) is 18.9 Å². The van der Waals surface area contributed by atoms with Gasteiger partial charge in [-0.1, -0.05) is 6.08 Å². The molecule has 17 heavy (non-hydrogen) atoms. The summed E-state index contributed by atoms with van der Waals surface area (Å²) >= 11 is 5.68. The molecule has 2 aliphatic heterocycles. The van der Waals surface area contributed by atoms with E-state index in [-0.39, 0.29) is 15.2 Å². The number of halogens is 1. The summed E-state index contributed by atoms with van der Waals surface area (Å²) in [6.45, 7) is 12.2. The van der Waals surface area contributed by atoms with E-state index in [0.29, 0.717) is 0 Å². The maximum absolute atomic E-state index is 5.97. The van der Waals surface area contributed by atoms with E-state index >= 15 is 0 Å². The highest BCUT2D eigenvalue weighted by atomic mass is 79.9. The summed E-state index contributed by atoms with van der Waals surface area (Å²) in [4.78, 5) is 2.37. The largest absolute Gasteiger partial charge is 0.359 e. The normalized spacial score (nSPS) is 41.2. The van der Waals surface area contributed by atoms with Gasteiger partial charge in [-0.05, 0) is 36.7 Å². The predicted molar refractivity (Wildman–Crippen MR) is 77.2 cm³/mol. The summed E-state index contributed by atoms with van der Waals surface area (Å²) < 4.78 is 5.72. The van der Waals surface area contributed by atoms with Gasteiger partial charge in [0.05, 0.1) is 6.61 Å². The molecule has 2 atom stereocenters. The Kier molecular flexibility index (Phi) is 3.69. The number of nitrogens with zero attached hydrogens (tertiary/aromatic N) is 1. The summed E-state index contributed by atoms with van der Waals surface area (Å²) in [7, 11) is 0. The van der Waals surface area contributed by atoms with Gasteiger partial charge in [0.2, 0.25) is 0 Å². The maximum Gasteiger partial charge on any atom is 0.180 e. The number of ether oxygens (including phenoxy) is 1. The van der Waals surface area contributed by atoms with Gasteiger partial charge in [0.1, 0.15) is 5.72 Å². The Morgan fingerprint density at radius 3 is 2.88 bits per heavy atom. The van der Waals surface area contributed by atoms with E-state index in [2.05, 4.69) is 53.5 Å². The van der Waals surface area contributed by atoms with Crippen LogP contribution in [0.3, 0.4) is 0 Å². The lowest BCUT2D eigenvalue weighted by Crippen LogP contribution is -2.70. The number of hydrogen-bond acceptors (Lipinski definition) is 4. The first-order valence-corrected chi connectivity index (χ1v) is 7.74. The van der Waals surface area contributed by atoms with Crippen LogP contribution in [0.15, 0.2) is 12.7 Å². The van der Waals surface area contributed by atoms with Crippen molar-refractivity contribution in [1.29, 1.82) is 0 Å². The number of hydrogen-bond donors (Lipinski definition) is 1. The molecule has 3 nitrogen and oxygen atoms in total. The van der Waals surface area contributed by atoms with Crippen molar-refractivity contribution in [3.63, 3.8) is 0 Å². The third kappa shape index (κ3) is 2.59. The van der Waals surface area contributed by atoms with E-state index in [1.165, 1.54) is 0 Å². The minimum absolute atomic E-state index is 0.0489. The SMILES string of the molecule is C=CCS[C@@]1(Br)NC(C)(C)C[C@@]2(C)OCCN21. The van der Waals surface area contributed by atoms with Crippen molar-refractivity contribution in [2.45, 2.75) is 42.4 Å². The van der Waals surface area contributed by atoms with Gasteiger partial charge < -0.3 is 4.74 Å².